The van der Waals surface area contributed by atoms with Gasteiger partial charge in [0.1, 0.15) is 11.2 Å². The van der Waals surface area contributed by atoms with Crippen LogP contribution in [0.5, 0.6) is 0 Å². The Bertz CT molecular complexity index is 2460. The summed E-state index contributed by atoms with van der Waals surface area (Å²) in [6.45, 7) is 0. The van der Waals surface area contributed by atoms with Gasteiger partial charge in [0, 0.05) is 27.2 Å². The second kappa shape index (κ2) is 8.58. The lowest BCUT2D eigenvalue weighted by atomic mass is 9.93. The Kier molecular flexibility index (Phi) is 4.70. The zero-order chi connectivity index (χ0) is 26.9. The zero-order valence-corrected chi connectivity index (χ0v) is 22.3. The van der Waals surface area contributed by atoms with Crippen LogP contribution in [0.25, 0.3) is 71.0 Å². The molecular weight excluding hydrogens is 498 g/mol. The van der Waals surface area contributed by atoms with Crippen LogP contribution in [-0.2, 0) is 6.42 Å². The van der Waals surface area contributed by atoms with Gasteiger partial charge in [-0.25, -0.2) is 0 Å². The second-order valence-electron chi connectivity index (χ2n) is 11.0. The molecule has 0 aliphatic carbocycles. The van der Waals surface area contributed by atoms with Gasteiger partial charge < -0.3 is 8.98 Å². The molecule has 7 aromatic carbocycles. The first-order chi connectivity index (χ1) is 20.3. The maximum atomic E-state index is 6.12. The molecule has 0 spiro atoms. The summed E-state index contributed by atoms with van der Waals surface area (Å²) in [6, 6.07) is 50.4. The van der Waals surface area contributed by atoms with Crippen LogP contribution >= 0.6 is 0 Å². The highest BCUT2D eigenvalue weighted by Crippen LogP contribution is 2.37. The van der Waals surface area contributed by atoms with Crippen LogP contribution in [0, 0.1) is 0 Å². The van der Waals surface area contributed by atoms with E-state index in [-0.39, 0.29) is 0 Å². The van der Waals surface area contributed by atoms with Gasteiger partial charge in [0.2, 0.25) is 0 Å². The van der Waals surface area contributed by atoms with Crippen molar-refractivity contribution in [3.8, 4) is 5.69 Å². The molecule has 41 heavy (non-hydrogen) atoms. The van der Waals surface area contributed by atoms with Crippen molar-refractivity contribution in [2.75, 3.05) is 0 Å². The van der Waals surface area contributed by atoms with Gasteiger partial charge in [0.25, 0.3) is 0 Å². The first-order valence-corrected chi connectivity index (χ1v) is 14.1. The highest BCUT2D eigenvalue weighted by molar-refractivity contribution is 6.11. The van der Waals surface area contributed by atoms with Gasteiger partial charge in [-0.05, 0) is 81.6 Å². The summed E-state index contributed by atoms with van der Waals surface area (Å²) < 4.78 is 8.51. The monoisotopic (exact) mass is 523 g/mol. The molecule has 2 heterocycles. The van der Waals surface area contributed by atoms with Crippen LogP contribution in [0.2, 0.25) is 0 Å². The molecule has 192 valence electrons. The molecule has 2 nitrogen and oxygen atoms in total. The maximum Gasteiger partial charge on any atom is 0.135 e. The molecule has 0 N–H and O–H groups in total. The average Bonchev–Trinajstić information content (AvgIpc) is 3.56. The van der Waals surface area contributed by atoms with E-state index < -0.39 is 0 Å². The molecule has 9 rings (SSSR count). The smallest absolute Gasteiger partial charge is 0.135 e. The molecule has 0 bridgehead atoms. The van der Waals surface area contributed by atoms with Gasteiger partial charge >= 0.3 is 0 Å². The van der Waals surface area contributed by atoms with Gasteiger partial charge in [0.15, 0.2) is 0 Å². The Labute approximate surface area is 236 Å². The summed E-state index contributed by atoms with van der Waals surface area (Å²) in [7, 11) is 0. The topological polar surface area (TPSA) is 18.1 Å². The van der Waals surface area contributed by atoms with Crippen molar-refractivity contribution in [1.82, 2.24) is 4.57 Å². The predicted octanol–water partition coefficient (Wildman–Crippen LogP) is 10.6. The fourth-order valence-corrected chi connectivity index (χ4v) is 6.76. The van der Waals surface area contributed by atoms with Crippen LogP contribution in [-0.4, -0.2) is 4.57 Å². The maximum absolute atomic E-state index is 6.12. The van der Waals surface area contributed by atoms with E-state index in [0.717, 1.165) is 34.0 Å². The molecule has 0 fully saturated rings. The first-order valence-electron chi connectivity index (χ1n) is 14.1. The Morgan fingerprint density at radius 2 is 1.12 bits per heavy atom. The molecule has 0 unspecified atom stereocenters. The molecule has 0 amide bonds. The van der Waals surface area contributed by atoms with E-state index in [0.29, 0.717) is 0 Å². The van der Waals surface area contributed by atoms with Crippen LogP contribution in [0.3, 0.4) is 0 Å². The van der Waals surface area contributed by atoms with Crippen molar-refractivity contribution < 1.29 is 4.42 Å². The lowest BCUT2D eigenvalue weighted by Gasteiger charge is -2.12. The first kappa shape index (κ1) is 22.5. The molecule has 2 aromatic heterocycles. The largest absolute Gasteiger partial charge is 0.456 e. The van der Waals surface area contributed by atoms with Crippen LogP contribution < -0.4 is 0 Å². The second-order valence-corrected chi connectivity index (χ2v) is 11.0. The summed E-state index contributed by atoms with van der Waals surface area (Å²) in [5.74, 6) is 0. The van der Waals surface area contributed by atoms with E-state index in [2.05, 4.69) is 132 Å². The number of furan rings is 1. The summed E-state index contributed by atoms with van der Waals surface area (Å²) in [6.07, 6.45) is 0.883. The fraction of sp³-hybridized carbons (Fsp3) is 0.0256. The summed E-state index contributed by atoms with van der Waals surface area (Å²) >= 11 is 0. The summed E-state index contributed by atoms with van der Waals surface area (Å²) in [5.41, 5.74) is 8.09. The van der Waals surface area contributed by atoms with E-state index in [1.54, 1.807) is 0 Å². The number of hydrogen-bond donors (Lipinski definition) is 0. The standard InChI is InChI=1S/C39H25NO/c1-2-10-29-26(9-1)23-27(30-11-3-4-12-31(29)30)21-25-17-19-37-34(22-25)32-13-5-7-15-36(32)40(37)28-18-20-39-35(24-28)33-14-6-8-16-38(33)41-39/h1-20,22-24H,21H2. The van der Waals surface area contributed by atoms with E-state index in [1.807, 2.05) is 12.1 Å². The summed E-state index contributed by atoms with van der Waals surface area (Å²) in [4.78, 5) is 0. The quantitative estimate of drug-likeness (QED) is 0.211. The Balaban J connectivity index is 1.23. The van der Waals surface area contributed by atoms with Gasteiger partial charge in [-0.2, -0.15) is 0 Å². The minimum absolute atomic E-state index is 0.883. The number of benzene rings is 7. The van der Waals surface area contributed by atoms with Crippen molar-refractivity contribution in [3.63, 3.8) is 0 Å². The number of hydrogen-bond acceptors (Lipinski definition) is 1. The molecule has 0 aliphatic heterocycles. The average molecular weight is 524 g/mol. The highest BCUT2D eigenvalue weighted by Gasteiger charge is 2.15. The van der Waals surface area contributed by atoms with Crippen LogP contribution in [0.15, 0.2) is 144 Å². The van der Waals surface area contributed by atoms with Crippen LogP contribution in [0.1, 0.15) is 11.1 Å². The van der Waals surface area contributed by atoms with Crippen molar-refractivity contribution in [3.05, 3.63) is 151 Å². The molecule has 0 radical (unpaired) electrons. The van der Waals surface area contributed by atoms with Crippen LogP contribution in [0.4, 0.5) is 0 Å². The van der Waals surface area contributed by atoms with E-state index >= 15 is 0 Å². The molecule has 0 aliphatic rings. The molecule has 0 saturated heterocycles. The molecule has 0 saturated carbocycles. The minimum Gasteiger partial charge on any atom is -0.456 e. The Morgan fingerprint density at radius 3 is 2.02 bits per heavy atom. The lowest BCUT2D eigenvalue weighted by Crippen LogP contribution is -1.94. The molecule has 9 aromatic rings. The van der Waals surface area contributed by atoms with Gasteiger partial charge in [-0.15, -0.1) is 0 Å². The van der Waals surface area contributed by atoms with Crippen molar-refractivity contribution >= 4 is 65.3 Å². The molecular formula is C39H25NO. The fourth-order valence-electron chi connectivity index (χ4n) is 6.76. The normalized spacial score (nSPS) is 12.0. The van der Waals surface area contributed by atoms with Crippen molar-refractivity contribution in [2.45, 2.75) is 6.42 Å². The third-order valence-electron chi connectivity index (χ3n) is 8.60. The number of rotatable bonds is 3. The van der Waals surface area contributed by atoms with E-state index in [4.69, 9.17) is 4.42 Å². The number of para-hydroxylation sites is 2. The van der Waals surface area contributed by atoms with Gasteiger partial charge in [-0.1, -0.05) is 97.1 Å². The highest BCUT2D eigenvalue weighted by atomic mass is 16.3. The minimum atomic E-state index is 0.883. The lowest BCUT2D eigenvalue weighted by molar-refractivity contribution is 0.669. The Morgan fingerprint density at radius 1 is 0.439 bits per heavy atom. The number of aromatic nitrogens is 1. The third kappa shape index (κ3) is 3.38. The zero-order valence-electron chi connectivity index (χ0n) is 22.3. The number of fused-ring (bicyclic) bond motifs is 9. The van der Waals surface area contributed by atoms with Crippen molar-refractivity contribution in [2.24, 2.45) is 0 Å². The van der Waals surface area contributed by atoms with E-state index in [1.165, 1.54) is 54.5 Å². The summed E-state index contributed by atoms with van der Waals surface area (Å²) in [5, 5.41) is 10.1. The molecule has 2 heteroatoms. The van der Waals surface area contributed by atoms with Gasteiger partial charge in [-0.3, -0.25) is 0 Å². The van der Waals surface area contributed by atoms with E-state index in [9.17, 15) is 0 Å². The third-order valence-corrected chi connectivity index (χ3v) is 8.60. The predicted molar refractivity (Wildman–Crippen MR) is 172 cm³/mol. The number of nitrogens with zero attached hydrogens (tertiary/aromatic N) is 1. The SMILES string of the molecule is c1ccc2c(c1)cc(Cc1ccc3c(c1)c1ccccc1n3-c1ccc3oc4ccccc4c3c1)c1ccccc12. The van der Waals surface area contributed by atoms with Gasteiger partial charge in [0.05, 0.1) is 11.0 Å². The molecule has 0 atom stereocenters. The van der Waals surface area contributed by atoms with Crippen molar-refractivity contribution in [1.29, 1.82) is 0 Å². The Hall–Kier alpha value is -5.34.